The zero-order chi connectivity index (χ0) is 15.4. The molecule has 3 aromatic carbocycles. The number of benzene rings is 3. The lowest BCUT2D eigenvalue weighted by atomic mass is 9.98. The molecule has 1 aliphatic carbocycles. The van der Waals surface area contributed by atoms with E-state index >= 15 is 0 Å². The molecule has 0 unspecified atom stereocenters. The molecule has 0 bridgehead atoms. The Morgan fingerprint density at radius 1 is 0.696 bits per heavy atom. The Kier molecular flexibility index (Phi) is 2.57. The summed E-state index contributed by atoms with van der Waals surface area (Å²) in [6.07, 6.45) is 6.52. The van der Waals surface area contributed by atoms with E-state index in [2.05, 4.69) is 61.5 Å². The van der Waals surface area contributed by atoms with Crippen molar-refractivity contribution in [2.75, 3.05) is 0 Å². The number of fused-ring (bicyclic) bond motifs is 7. The molecule has 1 aliphatic rings. The minimum absolute atomic E-state index is 1.02. The first-order chi connectivity index (χ1) is 11.3. The molecule has 0 fully saturated rings. The van der Waals surface area contributed by atoms with Gasteiger partial charge in [0.25, 0.3) is 0 Å². The van der Waals surface area contributed by atoms with Crippen LogP contribution >= 0.6 is 0 Å². The molecule has 0 saturated heterocycles. The Morgan fingerprint density at radius 3 is 2.00 bits per heavy atom. The van der Waals surface area contributed by atoms with Crippen molar-refractivity contribution < 1.29 is 0 Å². The van der Waals surface area contributed by atoms with Crippen LogP contribution in [0.2, 0.25) is 0 Å². The molecule has 5 rings (SSSR count). The maximum absolute atomic E-state index is 4.97. The van der Waals surface area contributed by atoms with Crippen LogP contribution in [0.5, 0.6) is 0 Å². The van der Waals surface area contributed by atoms with Crippen LogP contribution in [0.25, 0.3) is 44.7 Å². The lowest BCUT2D eigenvalue weighted by Gasteiger charge is -2.10. The van der Waals surface area contributed by atoms with Crippen LogP contribution in [-0.4, -0.2) is 9.97 Å². The molecule has 0 aliphatic heterocycles. The van der Waals surface area contributed by atoms with Crippen LogP contribution in [0.3, 0.4) is 0 Å². The summed E-state index contributed by atoms with van der Waals surface area (Å²) >= 11 is 0. The Labute approximate surface area is 133 Å². The Balaban J connectivity index is 2.15. The van der Waals surface area contributed by atoms with Crippen molar-refractivity contribution in [1.82, 2.24) is 9.97 Å². The first-order valence-corrected chi connectivity index (χ1v) is 8.10. The summed E-state index contributed by atoms with van der Waals surface area (Å²) in [5, 5.41) is 6.96. The molecule has 4 aromatic rings. The highest BCUT2D eigenvalue weighted by Crippen LogP contribution is 2.32. The van der Waals surface area contributed by atoms with E-state index in [9.17, 15) is 0 Å². The normalized spacial score (nSPS) is 13.8. The molecule has 2 nitrogen and oxygen atoms in total. The number of rotatable bonds is 0. The highest BCUT2D eigenvalue weighted by atomic mass is 14.8. The van der Waals surface area contributed by atoms with Gasteiger partial charge in [-0.2, -0.15) is 0 Å². The summed E-state index contributed by atoms with van der Waals surface area (Å²) in [7, 11) is 0. The predicted molar refractivity (Wildman–Crippen MR) is 96.7 cm³/mol. The van der Waals surface area contributed by atoms with Crippen molar-refractivity contribution in [2.45, 2.75) is 19.8 Å². The highest BCUT2D eigenvalue weighted by Gasteiger charge is 2.11. The zero-order valence-electron chi connectivity index (χ0n) is 13.0. The smallest absolute Gasteiger partial charge is 0.0979 e. The first-order valence-electron chi connectivity index (χ1n) is 8.10. The van der Waals surface area contributed by atoms with Crippen molar-refractivity contribution in [3.05, 3.63) is 58.7 Å². The van der Waals surface area contributed by atoms with Gasteiger partial charge in [0, 0.05) is 10.8 Å². The lowest BCUT2D eigenvalue weighted by Crippen LogP contribution is -2.33. The zero-order valence-corrected chi connectivity index (χ0v) is 13.0. The van der Waals surface area contributed by atoms with Crippen LogP contribution < -0.4 is 10.7 Å². The van der Waals surface area contributed by atoms with Crippen LogP contribution in [-0.2, 0) is 0 Å². The van der Waals surface area contributed by atoms with Crippen LogP contribution in [0, 0.1) is 6.92 Å². The molecule has 1 aromatic heterocycles. The molecule has 1 heterocycles. The van der Waals surface area contributed by atoms with Gasteiger partial charge in [0.15, 0.2) is 0 Å². The van der Waals surface area contributed by atoms with Gasteiger partial charge in [0.1, 0.15) is 0 Å². The van der Waals surface area contributed by atoms with Gasteiger partial charge in [-0.3, -0.25) is 0 Å². The first kappa shape index (κ1) is 12.8. The van der Waals surface area contributed by atoms with Gasteiger partial charge in [-0.05, 0) is 30.5 Å². The maximum atomic E-state index is 4.97. The van der Waals surface area contributed by atoms with Gasteiger partial charge in [0.05, 0.1) is 21.7 Å². The Morgan fingerprint density at radius 2 is 1.30 bits per heavy atom. The number of aryl methyl sites for hydroxylation is 1. The third-order valence-electron chi connectivity index (χ3n) is 4.70. The molecule has 0 radical (unpaired) electrons. The van der Waals surface area contributed by atoms with E-state index in [1.54, 1.807) is 0 Å². The van der Waals surface area contributed by atoms with Crippen LogP contribution in [0.1, 0.15) is 18.4 Å². The number of hydrogen-bond acceptors (Lipinski definition) is 2. The third-order valence-corrected chi connectivity index (χ3v) is 4.70. The standard InChI is InChI=1S/C21H16N2/c1-13-10-11-16-17(12-13)14-6-2-3-7-15(14)20-21(16)23-19-9-5-4-8-18(19)22-20/h2-3,6-12H,4-5H2,1H3. The quantitative estimate of drug-likeness (QED) is 0.463. The van der Waals surface area contributed by atoms with Crippen molar-refractivity contribution in [2.24, 2.45) is 0 Å². The second kappa shape index (κ2) is 4.63. The molecule has 23 heavy (non-hydrogen) atoms. The van der Waals surface area contributed by atoms with Crippen molar-refractivity contribution in [3.63, 3.8) is 0 Å². The van der Waals surface area contributed by atoms with Gasteiger partial charge in [-0.15, -0.1) is 0 Å². The average molecular weight is 296 g/mol. The summed E-state index contributed by atoms with van der Waals surface area (Å²) in [6, 6.07) is 15.1. The molecule has 0 N–H and O–H groups in total. The second-order valence-corrected chi connectivity index (χ2v) is 6.27. The lowest BCUT2D eigenvalue weighted by molar-refractivity contribution is 1.05. The van der Waals surface area contributed by atoms with E-state index in [1.165, 1.54) is 27.1 Å². The molecular weight excluding hydrogens is 280 g/mol. The van der Waals surface area contributed by atoms with Crippen molar-refractivity contribution >= 4 is 44.7 Å². The topological polar surface area (TPSA) is 25.8 Å². The van der Waals surface area contributed by atoms with E-state index < -0.39 is 0 Å². The number of hydrogen-bond donors (Lipinski definition) is 0. The third kappa shape index (κ3) is 1.81. The van der Waals surface area contributed by atoms with Gasteiger partial charge in [-0.1, -0.05) is 60.2 Å². The molecule has 0 spiro atoms. The van der Waals surface area contributed by atoms with Gasteiger partial charge < -0.3 is 0 Å². The van der Waals surface area contributed by atoms with Gasteiger partial charge >= 0.3 is 0 Å². The molecular formula is C21H16N2. The molecule has 110 valence electrons. The molecule has 0 amide bonds. The van der Waals surface area contributed by atoms with Crippen molar-refractivity contribution in [3.8, 4) is 0 Å². The monoisotopic (exact) mass is 296 g/mol. The van der Waals surface area contributed by atoms with E-state index in [0.717, 1.165) is 34.6 Å². The van der Waals surface area contributed by atoms with E-state index in [1.807, 2.05) is 0 Å². The second-order valence-electron chi connectivity index (χ2n) is 6.27. The van der Waals surface area contributed by atoms with Gasteiger partial charge in [-0.25, -0.2) is 9.97 Å². The van der Waals surface area contributed by atoms with E-state index in [4.69, 9.17) is 9.97 Å². The Hall–Kier alpha value is -2.74. The average Bonchev–Trinajstić information content (AvgIpc) is 2.60. The van der Waals surface area contributed by atoms with E-state index in [0.29, 0.717) is 0 Å². The maximum Gasteiger partial charge on any atom is 0.0979 e. The molecule has 0 atom stereocenters. The minimum Gasteiger partial charge on any atom is -0.244 e. The SMILES string of the molecule is Cc1ccc2c(c1)c1ccccc1c1nc3c(nc21)=CCCC=3. The Bertz CT molecular complexity index is 1220. The van der Waals surface area contributed by atoms with Crippen LogP contribution in [0.15, 0.2) is 42.5 Å². The molecule has 2 heteroatoms. The van der Waals surface area contributed by atoms with Crippen molar-refractivity contribution in [1.29, 1.82) is 0 Å². The van der Waals surface area contributed by atoms with Crippen LogP contribution in [0.4, 0.5) is 0 Å². The van der Waals surface area contributed by atoms with E-state index in [-0.39, 0.29) is 0 Å². The highest BCUT2D eigenvalue weighted by molar-refractivity contribution is 6.23. The summed E-state index contributed by atoms with van der Waals surface area (Å²) in [5.41, 5.74) is 3.30. The minimum atomic E-state index is 1.02. The number of aromatic nitrogens is 2. The fraction of sp³-hybridized carbons (Fsp3) is 0.143. The number of nitrogens with zero attached hydrogens (tertiary/aromatic N) is 2. The summed E-state index contributed by atoms with van der Waals surface area (Å²) < 4.78 is 0. The predicted octanol–water partition coefficient (Wildman–Crippen LogP) is 3.60. The fourth-order valence-corrected chi connectivity index (χ4v) is 3.59. The fourth-order valence-electron chi connectivity index (χ4n) is 3.59. The summed E-state index contributed by atoms with van der Waals surface area (Å²) in [5.74, 6) is 0. The largest absolute Gasteiger partial charge is 0.244 e. The molecule has 0 saturated carbocycles. The summed E-state index contributed by atoms with van der Waals surface area (Å²) in [4.78, 5) is 9.94. The summed E-state index contributed by atoms with van der Waals surface area (Å²) in [6.45, 7) is 2.14. The van der Waals surface area contributed by atoms with Gasteiger partial charge in [0.2, 0.25) is 0 Å².